The molecule has 0 radical (unpaired) electrons. The van der Waals surface area contributed by atoms with Crippen LogP contribution in [0.5, 0.6) is 5.75 Å². The predicted octanol–water partition coefficient (Wildman–Crippen LogP) is 2.86. The van der Waals surface area contributed by atoms with Crippen LogP contribution >= 0.6 is 11.6 Å². The highest BCUT2D eigenvalue weighted by Crippen LogP contribution is 2.36. The predicted molar refractivity (Wildman–Crippen MR) is 75.8 cm³/mol. The molecule has 5 heteroatoms. The van der Waals surface area contributed by atoms with Crippen LogP contribution in [-0.4, -0.2) is 22.4 Å². The average molecular weight is 278 g/mol. The molecule has 0 spiro atoms. The van der Waals surface area contributed by atoms with E-state index in [0.717, 1.165) is 29.5 Å². The van der Waals surface area contributed by atoms with Gasteiger partial charge in [-0.1, -0.05) is 11.6 Å². The van der Waals surface area contributed by atoms with Crippen molar-refractivity contribution in [1.29, 1.82) is 0 Å². The monoisotopic (exact) mass is 277 g/mol. The number of fused-ring (bicyclic) bond motifs is 1. The van der Waals surface area contributed by atoms with Crippen LogP contribution in [0.3, 0.4) is 0 Å². The summed E-state index contributed by atoms with van der Waals surface area (Å²) in [5.74, 6) is 0.895. The molecule has 3 rings (SSSR count). The third kappa shape index (κ3) is 2.54. The van der Waals surface area contributed by atoms with Gasteiger partial charge in [0, 0.05) is 30.4 Å². The first-order valence-corrected chi connectivity index (χ1v) is 6.68. The largest absolute Gasteiger partial charge is 0.487 e. The maximum Gasteiger partial charge on any atom is 0.143 e. The Hall–Kier alpha value is -1.68. The Morgan fingerprint density at radius 3 is 3.05 bits per heavy atom. The molecular formula is C14H16ClN3O. The van der Waals surface area contributed by atoms with E-state index in [9.17, 15) is 0 Å². The average Bonchev–Trinajstić information content (AvgIpc) is 2.76. The van der Waals surface area contributed by atoms with E-state index >= 15 is 0 Å². The number of aryl methyl sites for hydroxylation is 1. The van der Waals surface area contributed by atoms with Crippen molar-refractivity contribution in [3.63, 3.8) is 0 Å². The van der Waals surface area contributed by atoms with E-state index in [1.807, 2.05) is 42.3 Å². The molecule has 0 fully saturated rings. The summed E-state index contributed by atoms with van der Waals surface area (Å²) in [5.41, 5.74) is 2.23. The van der Waals surface area contributed by atoms with Gasteiger partial charge in [-0.25, -0.2) is 0 Å². The van der Waals surface area contributed by atoms with Crippen molar-refractivity contribution < 1.29 is 4.74 Å². The summed E-state index contributed by atoms with van der Waals surface area (Å²) in [7, 11) is 1.93. The van der Waals surface area contributed by atoms with Crippen molar-refractivity contribution in [2.24, 2.45) is 7.05 Å². The summed E-state index contributed by atoms with van der Waals surface area (Å²) in [6.45, 7) is 3.74. The number of halogens is 1. The summed E-state index contributed by atoms with van der Waals surface area (Å²) < 4.78 is 7.66. The smallest absolute Gasteiger partial charge is 0.143 e. The summed E-state index contributed by atoms with van der Waals surface area (Å²) >= 11 is 6.09. The summed E-state index contributed by atoms with van der Waals surface area (Å²) in [4.78, 5) is 2.28. The first-order chi connectivity index (χ1) is 9.11. The first kappa shape index (κ1) is 12.4. The molecule has 19 heavy (non-hydrogen) atoms. The van der Waals surface area contributed by atoms with E-state index in [0.29, 0.717) is 0 Å². The molecule has 0 aliphatic carbocycles. The minimum Gasteiger partial charge on any atom is -0.487 e. The van der Waals surface area contributed by atoms with Crippen LogP contribution in [0.15, 0.2) is 30.6 Å². The van der Waals surface area contributed by atoms with Gasteiger partial charge in [0.2, 0.25) is 0 Å². The highest BCUT2D eigenvalue weighted by atomic mass is 35.5. The van der Waals surface area contributed by atoms with E-state index in [1.54, 1.807) is 0 Å². The Labute approximate surface area is 117 Å². The maximum absolute atomic E-state index is 6.09. The third-order valence-corrected chi connectivity index (χ3v) is 3.43. The summed E-state index contributed by atoms with van der Waals surface area (Å²) in [5, 5.41) is 4.94. The summed E-state index contributed by atoms with van der Waals surface area (Å²) in [6, 6.07) is 5.75. The van der Waals surface area contributed by atoms with Crippen LogP contribution in [0.1, 0.15) is 12.5 Å². The molecule has 1 aliphatic rings. The second-order valence-electron chi connectivity index (χ2n) is 4.94. The Balaban J connectivity index is 1.91. The molecular weight excluding hydrogens is 262 g/mol. The minimum atomic E-state index is 0.172. The second kappa shape index (κ2) is 4.78. The maximum atomic E-state index is 6.09. The SMILES string of the molecule is C[C@H]1CN(Cc2cnn(C)c2)c2cc(Cl)ccc2O1. The molecule has 100 valence electrons. The van der Waals surface area contributed by atoms with Gasteiger partial charge >= 0.3 is 0 Å². The number of anilines is 1. The lowest BCUT2D eigenvalue weighted by Crippen LogP contribution is -2.37. The Kier molecular flexibility index (Phi) is 3.11. The molecule has 0 unspecified atom stereocenters. The molecule has 0 amide bonds. The fourth-order valence-electron chi connectivity index (χ4n) is 2.42. The van der Waals surface area contributed by atoms with Crippen molar-refractivity contribution in [1.82, 2.24) is 9.78 Å². The quantitative estimate of drug-likeness (QED) is 0.846. The van der Waals surface area contributed by atoms with Gasteiger partial charge in [0.1, 0.15) is 11.9 Å². The van der Waals surface area contributed by atoms with Crippen molar-refractivity contribution in [2.45, 2.75) is 19.6 Å². The second-order valence-corrected chi connectivity index (χ2v) is 5.38. The number of hydrogen-bond acceptors (Lipinski definition) is 3. The molecule has 1 aromatic heterocycles. The van der Waals surface area contributed by atoms with Gasteiger partial charge < -0.3 is 9.64 Å². The number of hydrogen-bond donors (Lipinski definition) is 0. The molecule has 0 N–H and O–H groups in total. The molecule has 1 atom stereocenters. The minimum absolute atomic E-state index is 0.172. The fourth-order valence-corrected chi connectivity index (χ4v) is 2.59. The molecule has 1 aromatic carbocycles. The van der Waals surface area contributed by atoms with Gasteiger partial charge in [-0.15, -0.1) is 0 Å². The number of benzene rings is 1. The zero-order valence-corrected chi connectivity index (χ0v) is 11.8. The molecule has 4 nitrogen and oxygen atoms in total. The number of nitrogens with zero attached hydrogens (tertiary/aromatic N) is 3. The topological polar surface area (TPSA) is 30.3 Å². The zero-order valence-electron chi connectivity index (χ0n) is 11.0. The standard InChI is InChI=1S/C14H16ClN3O/c1-10-7-18(9-11-6-16-17(2)8-11)13-5-12(15)3-4-14(13)19-10/h3-6,8,10H,7,9H2,1-2H3/t10-/m0/s1. The molecule has 0 saturated carbocycles. The highest BCUT2D eigenvalue weighted by Gasteiger charge is 2.23. The molecule has 1 aliphatic heterocycles. The Morgan fingerprint density at radius 1 is 1.47 bits per heavy atom. The lowest BCUT2D eigenvalue weighted by atomic mass is 10.2. The van der Waals surface area contributed by atoms with Crippen LogP contribution in [0, 0.1) is 0 Å². The van der Waals surface area contributed by atoms with Crippen LogP contribution in [0.4, 0.5) is 5.69 Å². The normalized spacial score (nSPS) is 18.1. The van der Waals surface area contributed by atoms with Crippen molar-refractivity contribution in [3.05, 3.63) is 41.2 Å². The molecule has 0 bridgehead atoms. The summed E-state index contributed by atoms with van der Waals surface area (Å²) in [6.07, 6.45) is 4.10. The van der Waals surface area contributed by atoms with E-state index in [-0.39, 0.29) is 6.10 Å². The van der Waals surface area contributed by atoms with Crippen LogP contribution in [0.2, 0.25) is 5.02 Å². The molecule has 2 aromatic rings. The van der Waals surface area contributed by atoms with E-state index in [2.05, 4.69) is 16.9 Å². The number of ether oxygens (including phenoxy) is 1. The Bertz CT molecular complexity index is 596. The number of aromatic nitrogens is 2. The van der Waals surface area contributed by atoms with Crippen molar-refractivity contribution in [2.75, 3.05) is 11.4 Å². The van der Waals surface area contributed by atoms with Crippen LogP contribution < -0.4 is 9.64 Å². The van der Waals surface area contributed by atoms with Gasteiger partial charge in [-0.3, -0.25) is 4.68 Å². The van der Waals surface area contributed by atoms with Crippen molar-refractivity contribution in [3.8, 4) is 5.75 Å². The number of rotatable bonds is 2. The van der Waals surface area contributed by atoms with Gasteiger partial charge in [0.15, 0.2) is 0 Å². The Morgan fingerprint density at radius 2 is 2.32 bits per heavy atom. The molecule has 2 heterocycles. The third-order valence-electron chi connectivity index (χ3n) is 3.20. The van der Waals surface area contributed by atoms with Gasteiger partial charge in [-0.2, -0.15) is 5.10 Å². The van der Waals surface area contributed by atoms with E-state index < -0.39 is 0 Å². The fraction of sp³-hybridized carbons (Fsp3) is 0.357. The zero-order chi connectivity index (χ0) is 13.4. The first-order valence-electron chi connectivity index (χ1n) is 6.30. The van der Waals surface area contributed by atoms with Crippen LogP contribution in [-0.2, 0) is 13.6 Å². The van der Waals surface area contributed by atoms with Crippen molar-refractivity contribution >= 4 is 17.3 Å². The van der Waals surface area contributed by atoms with Gasteiger partial charge in [-0.05, 0) is 25.1 Å². The van der Waals surface area contributed by atoms with E-state index in [1.165, 1.54) is 5.56 Å². The molecule has 0 saturated heterocycles. The highest BCUT2D eigenvalue weighted by molar-refractivity contribution is 6.30. The lowest BCUT2D eigenvalue weighted by Gasteiger charge is -2.34. The van der Waals surface area contributed by atoms with E-state index in [4.69, 9.17) is 16.3 Å². The van der Waals surface area contributed by atoms with Gasteiger partial charge in [0.25, 0.3) is 0 Å². The van der Waals surface area contributed by atoms with Gasteiger partial charge in [0.05, 0.1) is 18.4 Å². The van der Waals surface area contributed by atoms with Crippen LogP contribution in [0.25, 0.3) is 0 Å². The lowest BCUT2D eigenvalue weighted by molar-refractivity contribution is 0.212.